The molecule has 0 nitrogen and oxygen atoms in total. The Balaban J connectivity index is 2.55. The summed E-state index contributed by atoms with van der Waals surface area (Å²) < 4.78 is 0.361. The normalized spacial score (nSPS) is 28.6. The Morgan fingerprint density at radius 2 is 1.87 bits per heavy atom. The van der Waals surface area contributed by atoms with Crippen LogP contribution in [0.1, 0.15) is 44.7 Å². The lowest BCUT2D eigenvalue weighted by Crippen LogP contribution is -2.33. The zero-order valence-corrected chi connectivity index (χ0v) is 11.1. The van der Waals surface area contributed by atoms with Gasteiger partial charge in [-0.2, -0.15) is 0 Å². The summed E-state index contributed by atoms with van der Waals surface area (Å²) in [6.07, 6.45) is 0. The first-order valence-electron chi connectivity index (χ1n) is 5.72. The van der Waals surface area contributed by atoms with Gasteiger partial charge in [-0.3, -0.25) is 0 Å². The van der Waals surface area contributed by atoms with E-state index in [0.29, 0.717) is 10.7 Å². The SMILES string of the molecule is Cc1cccc2c1C(C)C(C)C(C)(C)S2. The molecule has 0 saturated heterocycles. The van der Waals surface area contributed by atoms with Crippen LogP contribution in [0.25, 0.3) is 0 Å². The maximum Gasteiger partial charge on any atom is 0.0182 e. The van der Waals surface area contributed by atoms with E-state index in [9.17, 15) is 0 Å². The predicted octanol–water partition coefficient (Wildman–Crippen LogP) is 4.62. The molecular weight excluding hydrogens is 200 g/mol. The van der Waals surface area contributed by atoms with Gasteiger partial charge in [0.25, 0.3) is 0 Å². The molecule has 0 aliphatic carbocycles. The van der Waals surface area contributed by atoms with Crippen LogP contribution in [0.15, 0.2) is 23.1 Å². The Hall–Kier alpha value is -0.430. The Bertz CT molecular complexity index is 379. The van der Waals surface area contributed by atoms with Crippen LogP contribution in [-0.2, 0) is 0 Å². The van der Waals surface area contributed by atoms with Crippen molar-refractivity contribution in [2.75, 3.05) is 0 Å². The molecule has 0 fully saturated rings. The lowest BCUT2D eigenvalue weighted by atomic mass is 9.79. The van der Waals surface area contributed by atoms with Gasteiger partial charge in [-0.05, 0) is 36.0 Å². The molecule has 0 radical (unpaired) electrons. The minimum Gasteiger partial charge on any atom is -0.119 e. The fourth-order valence-corrected chi connectivity index (χ4v) is 4.11. The molecular formula is C14H20S. The highest BCUT2D eigenvalue weighted by molar-refractivity contribution is 8.00. The van der Waals surface area contributed by atoms with E-state index in [-0.39, 0.29) is 0 Å². The molecule has 82 valence electrons. The largest absolute Gasteiger partial charge is 0.119 e. The summed E-state index contributed by atoms with van der Waals surface area (Å²) in [6, 6.07) is 6.69. The quantitative estimate of drug-likeness (QED) is 0.615. The van der Waals surface area contributed by atoms with Gasteiger partial charge in [0.1, 0.15) is 0 Å². The summed E-state index contributed by atoms with van der Waals surface area (Å²) in [6.45, 7) is 11.7. The monoisotopic (exact) mass is 220 g/mol. The molecule has 1 aromatic carbocycles. The van der Waals surface area contributed by atoms with Gasteiger partial charge in [-0.1, -0.05) is 39.8 Å². The number of hydrogen-bond donors (Lipinski definition) is 0. The molecule has 2 rings (SSSR count). The third-order valence-corrected chi connectivity index (χ3v) is 5.43. The summed E-state index contributed by atoms with van der Waals surface area (Å²) in [5.74, 6) is 1.41. The summed E-state index contributed by atoms with van der Waals surface area (Å²) in [7, 11) is 0. The Morgan fingerprint density at radius 1 is 1.20 bits per heavy atom. The number of thioether (sulfide) groups is 1. The number of rotatable bonds is 0. The molecule has 0 N–H and O–H groups in total. The third-order valence-electron chi connectivity index (χ3n) is 3.96. The van der Waals surface area contributed by atoms with Crippen molar-refractivity contribution in [3.63, 3.8) is 0 Å². The van der Waals surface area contributed by atoms with Crippen LogP contribution < -0.4 is 0 Å². The van der Waals surface area contributed by atoms with Gasteiger partial charge < -0.3 is 0 Å². The van der Waals surface area contributed by atoms with Crippen molar-refractivity contribution in [2.24, 2.45) is 5.92 Å². The summed E-state index contributed by atoms with van der Waals surface area (Å²) in [4.78, 5) is 1.49. The van der Waals surface area contributed by atoms with Crippen molar-refractivity contribution in [3.8, 4) is 0 Å². The van der Waals surface area contributed by atoms with Crippen molar-refractivity contribution < 1.29 is 0 Å². The number of fused-ring (bicyclic) bond motifs is 1. The molecule has 0 aromatic heterocycles. The smallest absolute Gasteiger partial charge is 0.0182 e. The van der Waals surface area contributed by atoms with E-state index < -0.39 is 0 Å². The average Bonchev–Trinajstić information content (AvgIpc) is 2.13. The Labute approximate surface area is 97.5 Å². The molecule has 1 heteroatoms. The fourth-order valence-electron chi connectivity index (χ4n) is 2.55. The lowest BCUT2D eigenvalue weighted by Gasteiger charge is -2.42. The van der Waals surface area contributed by atoms with Crippen molar-refractivity contribution in [3.05, 3.63) is 29.3 Å². The van der Waals surface area contributed by atoms with Crippen LogP contribution in [0.4, 0.5) is 0 Å². The number of hydrogen-bond acceptors (Lipinski definition) is 1. The molecule has 0 saturated carbocycles. The van der Waals surface area contributed by atoms with Gasteiger partial charge in [0.2, 0.25) is 0 Å². The van der Waals surface area contributed by atoms with Crippen LogP contribution in [0.5, 0.6) is 0 Å². The third kappa shape index (κ3) is 1.71. The first kappa shape index (κ1) is 11.1. The van der Waals surface area contributed by atoms with E-state index >= 15 is 0 Å². The second kappa shape index (κ2) is 3.55. The molecule has 0 amide bonds. The zero-order valence-electron chi connectivity index (χ0n) is 10.3. The minimum atomic E-state index is 0.361. The van der Waals surface area contributed by atoms with Crippen molar-refractivity contribution in [2.45, 2.75) is 50.2 Å². The van der Waals surface area contributed by atoms with Gasteiger partial charge in [-0.15, -0.1) is 11.8 Å². The maximum absolute atomic E-state index is 2.38. The lowest BCUT2D eigenvalue weighted by molar-refractivity contribution is 0.383. The van der Waals surface area contributed by atoms with Crippen molar-refractivity contribution in [1.82, 2.24) is 0 Å². The van der Waals surface area contributed by atoms with Crippen LogP contribution in [0.2, 0.25) is 0 Å². The highest BCUT2D eigenvalue weighted by atomic mass is 32.2. The summed E-state index contributed by atoms with van der Waals surface area (Å²) in [5, 5.41) is 0. The van der Waals surface area contributed by atoms with E-state index in [0.717, 1.165) is 5.92 Å². The first-order valence-corrected chi connectivity index (χ1v) is 6.53. The highest BCUT2D eigenvalue weighted by Crippen LogP contribution is 2.52. The molecule has 1 aromatic rings. The average molecular weight is 220 g/mol. The van der Waals surface area contributed by atoms with E-state index in [1.165, 1.54) is 10.5 Å². The zero-order chi connectivity index (χ0) is 11.2. The van der Waals surface area contributed by atoms with E-state index in [2.05, 4.69) is 52.8 Å². The van der Waals surface area contributed by atoms with E-state index in [1.54, 1.807) is 5.56 Å². The molecule has 2 atom stereocenters. The second-order valence-corrected chi connectivity index (χ2v) is 6.97. The van der Waals surface area contributed by atoms with Crippen LogP contribution in [-0.4, -0.2) is 4.75 Å². The fraction of sp³-hybridized carbons (Fsp3) is 0.571. The molecule has 15 heavy (non-hydrogen) atoms. The minimum absolute atomic E-state index is 0.361. The van der Waals surface area contributed by atoms with E-state index in [4.69, 9.17) is 0 Å². The predicted molar refractivity (Wildman–Crippen MR) is 68.7 cm³/mol. The molecule has 1 aliphatic heterocycles. The number of benzene rings is 1. The number of aryl methyl sites for hydroxylation is 1. The molecule has 1 aliphatic rings. The van der Waals surface area contributed by atoms with Crippen LogP contribution in [0, 0.1) is 12.8 Å². The molecule has 2 unspecified atom stereocenters. The van der Waals surface area contributed by atoms with Crippen molar-refractivity contribution >= 4 is 11.8 Å². The van der Waals surface area contributed by atoms with Gasteiger partial charge in [0.05, 0.1) is 0 Å². The molecule has 0 spiro atoms. The molecule has 0 bridgehead atoms. The van der Waals surface area contributed by atoms with Crippen LogP contribution in [0.3, 0.4) is 0 Å². The van der Waals surface area contributed by atoms with Gasteiger partial charge in [0, 0.05) is 9.64 Å². The Kier molecular flexibility index (Phi) is 2.62. The maximum atomic E-state index is 2.38. The Morgan fingerprint density at radius 3 is 2.53 bits per heavy atom. The topological polar surface area (TPSA) is 0 Å². The van der Waals surface area contributed by atoms with Crippen molar-refractivity contribution in [1.29, 1.82) is 0 Å². The highest BCUT2D eigenvalue weighted by Gasteiger charge is 2.38. The second-order valence-electron chi connectivity index (χ2n) is 5.27. The van der Waals surface area contributed by atoms with E-state index in [1.807, 2.05) is 11.8 Å². The molecule has 1 heterocycles. The summed E-state index contributed by atoms with van der Waals surface area (Å²) in [5.41, 5.74) is 3.03. The van der Waals surface area contributed by atoms with Gasteiger partial charge in [0.15, 0.2) is 0 Å². The standard InChI is InChI=1S/C14H20S/c1-9-7-6-8-12-13(9)10(2)11(3)14(4,5)15-12/h6-8,10-11H,1-5H3. The summed E-state index contributed by atoms with van der Waals surface area (Å²) >= 11 is 2.04. The van der Waals surface area contributed by atoms with Gasteiger partial charge in [-0.25, -0.2) is 0 Å². The first-order chi connectivity index (χ1) is 6.93. The van der Waals surface area contributed by atoms with Gasteiger partial charge >= 0.3 is 0 Å². The van der Waals surface area contributed by atoms with Crippen LogP contribution >= 0.6 is 11.8 Å².